The third-order valence-electron chi connectivity index (χ3n) is 7.34. The summed E-state index contributed by atoms with van der Waals surface area (Å²) in [5, 5.41) is 17.8. The molecule has 8 nitrogen and oxygen atoms in total. The molecule has 1 aliphatic carbocycles. The van der Waals surface area contributed by atoms with Crippen LogP contribution in [0.15, 0.2) is 24.3 Å². The topological polar surface area (TPSA) is 103 Å². The zero-order valence-electron chi connectivity index (χ0n) is 21.5. The van der Waals surface area contributed by atoms with E-state index in [4.69, 9.17) is 9.84 Å². The van der Waals surface area contributed by atoms with Gasteiger partial charge in [-0.25, -0.2) is 14.0 Å². The van der Waals surface area contributed by atoms with E-state index in [2.05, 4.69) is 22.9 Å². The summed E-state index contributed by atoms with van der Waals surface area (Å²) in [6, 6.07) is 6.38. The number of hydrogen-bond donors (Lipinski definition) is 4. The third-order valence-corrected chi connectivity index (χ3v) is 7.34. The van der Waals surface area contributed by atoms with Crippen LogP contribution in [0.25, 0.3) is 0 Å². The number of benzene rings is 1. The molecule has 9 heteroatoms. The van der Waals surface area contributed by atoms with E-state index in [1.807, 2.05) is 11.0 Å². The van der Waals surface area contributed by atoms with Crippen LogP contribution in [0.2, 0.25) is 0 Å². The third kappa shape index (κ3) is 9.24. The molecule has 3 atom stereocenters. The normalized spacial score (nSPS) is 20.5. The number of nitrogens with zero attached hydrogens (tertiary/aromatic N) is 1. The van der Waals surface area contributed by atoms with Crippen molar-refractivity contribution < 1.29 is 23.8 Å². The number of piperidine rings is 1. The Balaban J connectivity index is 1.63. The van der Waals surface area contributed by atoms with Gasteiger partial charge in [0, 0.05) is 38.1 Å². The quantitative estimate of drug-likeness (QED) is 0.312. The fourth-order valence-corrected chi connectivity index (χ4v) is 5.58. The molecule has 1 aromatic carbocycles. The summed E-state index contributed by atoms with van der Waals surface area (Å²) in [6.45, 7) is 5.21. The number of amides is 3. The van der Waals surface area contributed by atoms with Crippen LogP contribution in [0.5, 0.6) is 0 Å². The highest BCUT2D eigenvalue weighted by atomic mass is 19.1. The zero-order valence-corrected chi connectivity index (χ0v) is 21.5. The lowest BCUT2D eigenvalue weighted by Crippen LogP contribution is -2.52. The van der Waals surface area contributed by atoms with Gasteiger partial charge in [-0.3, -0.25) is 0 Å². The van der Waals surface area contributed by atoms with Crippen molar-refractivity contribution in [3.63, 3.8) is 0 Å². The first-order valence-corrected chi connectivity index (χ1v) is 13.6. The molecule has 202 valence electrons. The van der Waals surface area contributed by atoms with Crippen molar-refractivity contribution >= 4 is 12.1 Å². The minimum atomic E-state index is -1.11. The molecule has 3 amide bonds. The molecule has 1 aromatic rings. The average Bonchev–Trinajstić information content (AvgIpc) is 2.87. The number of ether oxygens (including phenoxy) is 1. The van der Waals surface area contributed by atoms with Crippen LogP contribution in [0.1, 0.15) is 70.0 Å². The standard InChI is InChI=1S/C27H43FN4O4/c1-2-29-18-24(16-20-8-4-3-5-9-20)31-26(33)32-14-7-11-22(19-32)25(36-15-13-30-27(34)35)21-10-6-12-23(28)17-21/h6,10,12,17,20,22,24-25,29-30H,2-5,7-9,11,13-16,18-19H2,1H3,(H,31,33)(H,34,35)/t22-,24+,25+/m1/s1. The summed E-state index contributed by atoms with van der Waals surface area (Å²) < 4.78 is 20.1. The monoisotopic (exact) mass is 506 g/mol. The zero-order chi connectivity index (χ0) is 25.8. The molecule has 0 bridgehead atoms. The predicted molar refractivity (Wildman–Crippen MR) is 137 cm³/mol. The maximum Gasteiger partial charge on any atom is 0.404 e. The van der Waals surface area contributed by atoms with Crippen molar-refractivity contribution in [1.82, 2.24) is 20.9 Å². The van der Waals surface area contributed by atoms with Gasteiger partial charge in [-0.2, -0.15) is 0 Å². The second kappa shape index (κ2) is 15.0. The highest BCUT2D eigenvalue weighted by Gasteiger charge is 2.32. The largest absolute Gasteiger partial charge is 0.465 e. The molecule has 36 heavy (non-hydrogen) atoms. The summed E-state index contributed by atoms with van der Waals surface area (Å²) >= 11 is 0. The van der Waals surface area contributed by atoms with Crippen LogP contribution in [0.3, 0.4) is 0 Å². The van der Waals surface area contributed by atoms with E-state index in [9.17, 15) is 14.0 Å². The van der Waals surface area contributed by atoms with Crippen molar-refractivity contribution in [3.05, 3.63) is 35.6 Å². The van der Waals surface area contributed by atoms with Gasteiger partial charge in [0.2, 0.25) is 0 Å². The number of carbonyl (C=O) groups is 2. The SMILES string of the molecule is CCNC[C@H](CC1CCCCC1)NC(=O)N1CCC[C@@H]([C@@H](OCCNC(=O)O)c2cccc(F)c2)C1. The van der Waals surface area contributed by atoms with Crippen molar-refractivity contribution in [1.29, 1.82) is 0 Å². The van der Waals surface area contributed by atoms with Gasteiger partial charge in [0.25, 0.3) is 0 Å². The van der Waals surface area contributed by atoms with E-state index in [1.54, 1.807) is 6.07 Å². The average molecular weight is 507 g/mol. The molecule has 0 spiro atoms. The Bertz CT molecular complexity index is 821. The van der Waals surface area contributed by atoms with Gasteiger partial charge in [-0.1, -0.05) is 51.2 Å². The van der Waals surface area contributed by atoms with Gasteiger partial charge < -0.3 is 30.7 Å². The van der Waals surface area contributed by atoms with Gasteiger partial charge >= 0.3 is 12.1 Å². The lowest BCUT2D eigenvalue weighted by atomic mass is 9.84. The second-order valence-electron chi connectivity index (χ2n) is 10.1. The molecule has 0 unspecified atom stereocenters. The van der Waals surface area contributed by atoms with Gasteiger partial charge in [0.05, 0.1) is 12.7 Å². The summed E-state index contributed by atoms with van der Waals surface area (Å²) in [5.74, 6) is 0.313. The number of rotatable bonds is 12. The first kappa shape index (κ1) is 28.2. The lowest BCUT2D eigenvalue weighted by Gasteiger charge is -2.38. The van der Waals surface area contributed by atoms with Crippen LogP contribution in [-0.4, -0.2) is 67.5 Å². The van der Waals surface area contributed by atoms with E-state index < -0.39 is 12.2 Å². The Morgan fingerprint density at radius 3 is 2.72 bits per heavy atom. The molecule has 3 rings (SSSR count). The van der Waals surface area contributed by atoms with Gasteiger partial charge in [0.1, 0.15) is 5.82 Å². The Morgan fingerprint density at radius 1 is 1.19 bits per heavy atom. The second-order valence-corrected chi connectivity index (χ2v) is 10.1. The number of halogens is 1. The number of carboxylic acid groups (broad SMARTS) is 1. The highest BCUT2D eigenvalue weighted by molar-refractivity contribution is 5.74. The Morgan fingerprint density at radius 2 is 2.00 bits per heavy atom. The van der Waals surface area contributed by atoms with E-state index in [1.165, 1.54) is 44.2 Å². The van der Waals surface area contributed by atoms with Gasteiger partial charge in [0.15, 0.2) is 0 Å². The van der Waals surface area contributed by atoms with Crippen molar-refractivity contribution in [2.75, 3.05) is 39.3 Å². The lowest BCUT2D eigenvalue weighted by molar-refractivity contribution is -0.00867. The smallest absolute Gasteiger partial charge is 0.404 e. The molecule has 0 aromatic heterocycles. The predicted octanol–water partition coefficient (Wildman–Crippen LogP) is 4.52. The number of urea groups is 1. The Labute approximate surface area is 214 Å². The molecule has 1 saturated heterocycles. The molecular weight excluding hydrogens is 463 g/mol. The van der Waals surface area contributed by atoms with Crippen molar-refractivity contribution in [3.8, 4) is 0 Å². The van der Waals surface area contributed by atoms with E-state index >= 15 is 0 Å². The molecule has 0 radical (unpaired) electrons. The first-order chi connectivity index (χ1) is 17.5. The van der Waals surface area contributed by atoms with Crippen molar-refractivity contribution in [2.45, 2.75) is 70.4 Å². The maximum absolute atomic E-state index is 14.0. The summed E-state index contributed by atoms with van der Waals surface area (Å²) in [6.07, 6.45) is 7.52. The molecular formula is C27H43FN4O4. The molecule has 1 heterocycles. The summed E-state index contributed by atoms with van der Waals surface area (Å²) in [4.78, 5) is 26.0. The number of hydrogen-bond acceptors (Lipinski definition) is 4. The number of likely N-dealkylation sites (N-methyl/N-ethyl adjacent to an activating group) is 1. The van der Waals surface area contributed by atoms with E-state index in [0.717, 1.165) is 32.4 Å². The van der Waals surface area contributed by atoms with Crippen LogP contribution in [-0.2, 0) is 4.74 Å². The van der Waals surface area contributed by atoms with Crippen LogP contribution >= 0.6 is 0 Å². The van der Waals surface area contributed by atoms with Crippen LogP contribution in [0, 0.1) is 17.7 Å². The molecule has 4 N–H and O–H groups in total. The Hall–Kier alpha value is -2.39. The molecule has 1 saturated carbocycles. The van der Waals surface area contributed by atoms with E-state index in [0.29, 0.717) is 24.6 Å². The fourth-order valence-electron chi connectivity index (χ4n) is 5.58. The van der Waals surface area contributed by atoms with Gasteiger partial charge in [-0.05, 0) is 49.4 Å². The first-order valence-electron chi connectivity index (χ1n) is 13.6. The Kier molecular flexibility index (Phi) is 11.7. The van der Waals surface area contributed by atoms with Crippen molar-refractivity contribution in [2.24, 2.45) is 11.8 Å². The van der Waals surface area contributed by atoms with Gasteiger partial charge in [-0.15, -0.1) is 0 Å². The number of likely N-dealkylation sites (tertiary alicyclic amines) is 1. The van der Waals surface area contributed by atoms with E-state index in [-0.39, 0.29) is 37.0 Å². The summed E-state index contributed by atoms with van der Waals surface area (Å²) in [5.41, 5.74) is 0.708. The number of carbonyl (C=O) groups excluding carboxylic acids is 1. The van der Waals surface area contributed by atoms with Crippen LogP contribution in [0.4, 0.5) is 14.0 Å². The molecule has 1 aliphatic heterocycles. The number of nitrogens with one attached hydrogen (secondary N) is 3. The minimum Gasteiger partial charge on any atom is -0.465 e. The maximum atomic E-state index is 14.0. The minimum absolute atomic E-state index is 0.0123. The molecule has 2 fully saturated rings. The van der Waals surface area contributed by atoms with Crippen LogP contribution < -0.4 is 16.0 Å². The fraction of sp³-hybridized carbons (Fsp3) is 0.704. The highest BCUT2D eigenvalue weighted by Crippen LogP contribution is 2.33. The molecule has 2 aliphatic rings. The summed E-state index contributed by atoms with van der Waals surface area (Å²) in [7, 11) is 0.